The Morgan fingerprint density at radius 3 is 3.00 bits per heavy atom. The highest BCUT2D eigenvalue weighted by Crippen LogP contribution is 2.28. The predicted molar refractivity (Wildman–Crippen MR) is 72.2 cm³/mol. The number of benzene rings is 1. The van der Waals surface area contributed by atoms with Crippen molar-refractivity contribution in [2.45, 2.75) is 30.8 Å². The van der Waals surface area contributed by atoms with Crippen molar-refractivity contribution >= 4 is 23.4 Å². The van der Waals surface area contributed by atoms with Crippen LogP contribution in [0.4, 0.5) is 5.69 Å². The minimum Gasteiger partial charge on any atom is -0.478 e. The van der Waals surface area contributed by atoms with Crippen molar-refractivity contribution in [2.75, 3.05) is 18.1 Å². The minimum absolute atomic E-state index is 0.185. The van der Waals surface area contributed by atoms with Gasteiger partial charge >= 0.3 is 5.97 Å². The molecule has 2 rings (SSSR count). The number of rotatable bonds is 4. The number of carboxylic acid groups (broad SMARTS) is 1. The highest BCUT2D eigenvalue weighted by atomic mass is 32.2. The largest absolute Gasteiger partial charge is 0.478 e. The van der Waals surface area contributed by atoms with Crippen LogP contribution in [0, 0.1) is 6.92 Å². The fourth-order valence-electron chi connectivity index (χ4n) is 1.99. The number of aromatic carboxylic acids is 1. The second-order valence-electron chi connectivity index (χ2n) is 4.45. The number of nitrogen functional groups attached to an aromatic ring is 1. The van der Waals surface area contributed by atoms with Gasteiger partial charge in [-0.1, -0.05) is 0 Å². The molecule has 3 N–H and O–H groups in total. The summed E-state index contributed by atoms with van der Waals surface area (Å²) in [5.41, 5.74) is 7.10. The zero-order valence-electron chi connectivity index (χ0n) is 10.3. The number of carboxylic acids is 1. The Morgan fingerprint density at radius 2 is 2.39 bits per heavy atom. The lowest BCUT2D eigenvalue weighted by molar-refractivity contribution is 0.0697. The van der Waals surface area contributed by atoms with Gasteiger partial charge in [0, 0.05) is 22.9 Å². The Balaban J connectivity index is 2.10. The van der Waals surface area contributed by atoms with Crippen LogP contribution >= 0.6 is 11.8 Å². The molecule has 1 unspecified atom stereocenters. The van der Waals surface area contributed by atoms with E-state index in [1.807, 2.05) is 13.0 Å². The Hall–Kier alpha value is -1.20. The molecule has 4 nitrogen and oxygen atoms in total. The standard InChI is InChI=1S/C13H17NO3S/c1-8-5-10(6-11(12(8)14)13(15)16)18-7-9-3-2-4-17-9/h5-6,9H,2-4,7,14H2,1H3,(H,15,16). The summed E-state index contributed by atoms with van der Waals surface area (Å²) in [5.74, 6) is -0.113. The van der Waals surface area contributed by atoms with Gasteiger partial charge in [-0.3, -0.25) is 0 Å². The van der Waals surface area contributed by atoms with Crippen LogP contribution in [-0.4, -0.2) is 29.5 Å². The molecule has 1 heterocycles. The third-order valence-corrected chi connectivity index (χ3v) is 4.16. The molecule has 0 spiro atoms. The van der Waals surface area contributed by atoms with Crippen LogP contribution in [0.25, 0.3) is 0 Å². The van der Waals surface area contributed by atoms with E-state index in [1.54, 1.807) is 17.8 Å². The first-order chi connectivity index (χ1) is 8.58. The number of hydrogen-bond acceptors (Lipinski definition) is 4. The Bertz CT molecular complexity index is 456. The third-order valence-electron chi connectivity index (χ3n) is 3.05. The fraction of sp³-hybridized carbons (Fsp3) is 0.462. The highest BCUT2D eigenvalue weighted by molar-refractivity contribution is 7.99. The summed E-state index contributed by atoms with van der Waals surface area (Å²) in [5, 5.41) is 9.08. The van der Waals surface area contributed by atoms with Crippen molar-refractivity contribution in [3.8, 4) is 0 Å². The lowest BCUT2D eigenvalue weighted by atomic mass is 10.1. The summed E-state index contributed by atoms with van der Waals surface area (Å²) in [6, 6.07) is 3.58. The van der Waals surface area contributed by atoms with E-state index >= 15 is 0 Å². The Kier molecular flexibility index (Phi) is 4.14. The van der Waals surface area contributed by atoms with Gasteiger partial charge in [0.25, 0.3) is 0 Å². The number of ether oxygens (including phenoxy) is 1. The normalized spacial score (nSPS) is 19.1. The van der Waals surface area contributed by atoms with Crippen LogP contribution in [-0.2, 0) is 4.74 Å². The lowest BCUT2D eigenvalue weighted by Gasteiger charge is -2.11. The molecule has 1 saturated heterocycles. The summed E-state index contributed by atoms with van der Waals surface area (Å²) >= 11 is 1.63. The van der Waals surface area contributed by atoms with E-state index in [4.69, 9.17) is 15.6 Å². The molecule has 0 amide bonds. The van der Waals surface area contributed by atoms with Crippen molar-refractivity contribution < 1.29 is 14.6 Å². The van der Waals surface area contributed by atoms with Crippen LogP contribution in [0.15, 0.2) is 17.0 Å². The summed E-state index contributed by atoms with van der Waals surface area (Å²) in [6.07, 6.45) is 2.50. The van der Waals surface area contributed by atoms with E-state index in [9.17, 15) is 4.79 Å². The summed E-state index contributed by atoms with van der Waals surface area (Å²) < 4.78 is 5.54. The molecule has 0 aromatic heterocycles. The number of carbonyl (C=O) groups is 1. The molecular formula is C13H17NO3S. The second kappa shape index (κ2) is 5.63. The number of hydrogen-bond donors (Lipinski definition) is 2. The van der Waals surface area contributed by atoms with Gasteiger partial charge in [0.05, 0.1) is 11.7 Å². The summed E-state index contributed by atoms with van der Waals surface area (Å²) in [6.45, 7) is 2.67. The van der Waals surface area contributed by atoms with Crippen molar-refractivity contribution in [1.82, 2.24) is 0 Å². The molecule has 5 heteroatoms. The van der Waals surface area contributed by atoms with Gasteiger partial charge in [-0.2, -0.15) is 0 Å². The molecule has 1 fully saturated rings. The second-order valence-corrected chi connectivity index (χ2v) is 5.55. The molecule has 1 aromatic rings. The maximum Gasteiger partial charge on any atom is 0.337 e. The van der Waals surface area contributed by atoms with Crippen LogP contribution in [0.3, 0.4) is 0 Å². The Labute approximate surface area is 111 Å². The van der Waals surface area contributed by atoms with Crippen molar-refractivity contribution in [3.63, 3.8) is 0 Å². The first-order valence-corrected chi connectivity index (χ1v) is 6.94. The molecule has 1 aliphatic heterocycles. The molecule has 0 bridgehead atoms. The third kappa shape index (κ3) is 2.97. The van der Waals surface area contributed by atoms with Crippen LogP contribution < -0.4 is 5.73 Å². The molecule has 18 heavy (non-hydrogen) atoms. The van der Waals surface area contributed by atoms with Gasteiger partial charge in [-0.05, 0) is 37.5 Å². The topological polar surface area (TPSA) is 72.5 Å². The first-order valence-electron chi connectivity index (χ1n) is 5.95. The molecule has 98 valence electrons. The molecule has 0 aliphatic carbocycles. The molecule has 1 aromatic carbocycles. The molecule has 1 atom stereocenters. The van der Waals surface area contributed by atoms with Gasteiger partial charge in [0.15, 0.2) is 0 Å². The highest BCUT2D eigenvalue weighted by Gasteiger charge is 2.17. The smallest absolute Gasteiger partial charge is 0.337 e. The average molecular weight is 267 g/mol. The number of nitrogens with two attached hydrogens (primary N) is 1. The summed E-state index contributed by atoms with van der Waals surface area (Å²) in [7, 11) is 0. The molecule has 0 saturated carbocycles. The van der Waals surface area contributed by atoms with Crippen molar-refractivity contribution in [3.05, 3.63) is 23.3 Å². The quantitative estimate of drug-likeness (QED) is 0.648. The fourth-order valence-corrected chi connectivity index (χ4v) is 3.09. The lowest BCUT2D eigenvalue weighted by Crippen LogP contribution is -2.08. The Morgan fingerprint density at radius 1 is 1.61 bits per heavy atom. The number of anilines is 1. The molecule has 1 aliphatic rings. The SMILES string of the molecule is Cc1cc(SCC2CCCO2)cc(C(=O)O)c1N. The van der Waals surface area contributed by atoms with Crippen LogP contribution in [0.5, 0.6) is 0 Å². The average Bonchev–Trinajstić information content (AvgIpc) is 2.83. The van der Waals surface area contributed by atoms with Gasteiger partial charge in [0.1, 0.15) is 0 Å². The first kappa shape index (κ1) is 13.2. The number of thioether (sulfide) groups is 1. The van der Waals surface area contributed by atoms with Gasteiger partial charge < -0.3 is 15.6 Å². The van der Waals surface area contributed by atoms with E-state index in [-0.39, 0.29) is 5.56 Å². The van der Waals surface area contributed by atoms with Crippen LogP contribution in [0.2, 0.25) is 0 Å². The van der Waals surface area contributed by atoms with E-state index in [0.29, 0.717) is 11.8 Å². The minimum atomic E-state index is -0.977. The van der Waals surface area contributed by atoms with Gasteiger partial charge in [0.2, 0.25) is 0 Å². The zero-order valence-corrected chi connectivity index (χ0v) is 11.1. The van der Waals surface area contributed by atoms with E-state index in [0.717, 1.165) is 35.7 Å². The van der Waals surface area contributed by atoms with E-state index < -0.39 is 5.97 Å². The van der Waals surface area contributed by atoms with Crippen LogP contribution in [0.1, 0.15) is 28.8 Å². The van der Waals surface area contributed by atoms with E-state index in [1.165, 1.54) is 0 Å². The number of aryl methyl sites for hydroxylation is 1. The zero-order chi connectivity index (χ0) is 13.1. The van der Waals surface area contributed by atoms with Gasteiger partial charge in [-0.25, -0.2) is 4.79 Å². The van der Waals surface area contributed by atoms with Crippen molar-refractivity contribution in [1.29, 1.82) is 0 Å². The van der Waals surface area contributed by atoms with Gasteiger partial charge in [-0.15, -0.1) is 11.8 Å². The maximum atomic E-state index is 11.1. The monoisotopic (exact) mass is 267 g/mol. The van der Waals surface area contributed by atoms with Crippen molar-refractivity contribution in [2.24, 2.45) is 0 Å². The molecular weight excluding hydrogens is 250 g/mol. The van der Waals surface area contributed by atoms with E-state index in [2.05, 4.69) is 0 Å². The molecule has 0 radical (unpaired) electrons. The summed E-state index contributed by atoms with van der Waals surface area (Å²) in [4.78, 5) is 12.0. The maximum absolute atomic E-state index is 11.1. The predicted octanol–water partition coefficient (Wildman–Crippen LogP) is 2.55.